The predicted molar refractivity (Wildman–Crippen MR) is 60.0 cm³/mol. The fourth-order valence-corrected chi connectivity index (χ4v) is 2.49. The number of nitrogens with zero attached hydrogens (tertiary/aromatic N) is 3. The second-order valence-corrected chi connectivity index (χ2v) is 5.20. The largest absolute Gasteiger partial charge is 0.380 e. The SMILES string of the molecule is Cc1nnc(CN2CCOCCC2C)s1. The molecule has 2 heterocycles. The van der Waals surface area contributed by atoms with Gasteiger partial charge >= 0.3 is 0 Å². The van der Waals surface area contributed by atoms with E-state index in [0.29, 0.717) is 6.04 Å². The van der Waals surface area contributed by atoms with Crippen molar-refractivity contribution in [2.75, 3.05) is 19.8 Å². The van der Waals surface area contributed by atoms with E-state index in [0.717, 1.165) is 42.7 Å². The van der Waals surface area contributed by atoms with E-state index in [1.165, 1.54) is 0 Å². The summed E-state index contributed by atoms with van der Waals surface area (Å²) >= 11 is 1.69. The van der Waals surface area contributed by atoms with Crippen molar-refractivity contribution in [3.63, 3.8) is 0 Å². The Morgan fingerprint density at radius 3 is 3.07 bits per heavy atom. The molecule has 0 aliphatic carbocycles. The van der Waals surface area contributed by atoms with Gasteiger partial charge in [0, 0.05) is 19.2 Å². The number of hydrogen-bond acceptors (Lipinski definition) is 5. The Morgan fingerprint density at radius 2 is 2.33 bits per heavy atom. The van der Waals surface area contributed by atoms with Gasteiger partial charge in [-0.2, -0.15) is 0 Å². The standard InChI is InChI=1S/C10H17N3OS/c1-8-3-5-14-6-4-13(8)7-10-12-11-9(2)15-10/h8H,3-7H2,1-2H3. The molecule has 5 heteroatoms. The van der Waals surface area contributed by atoms with E-state index in [-0.39, 0.29) is 0 Å². The van der Waals surface area contributed by atoms with Gasteiger partial charge in [0.1, 0.15) is 10.0 Å². The summed E-state index contributed by atoms with van der Waals surface area (Å²) in [5, 5.41) is 10.4. The van der Waals surface area contributed by atoms with E-state index in [2.05, 4.69) is 22.0 Å². The molecular formula is C10H17N3OS. The average molecular weight is 227 g/mol. The van der Waals surface area contributed by atoms with Crippen molar-refractivity contribution in [2.24, 2.45) is 0 Å². The molecule has 0 N–H and O–H groups in total. The molecule has 84 valence electrons. The molecule has 0 aromatic carbocycles. The molecule has 2 rings (SSSR count). The smallest absolute Gasteiger partial charge is 0.131 e. The maximum atomic E-state index is 5.46. The zero-order valence-corrected chi connectivity index (χ0v) is 10.1. The Kier molecular flexibility index (Phi) is 3.66. The van der Waals surface area contributed by atoms with Crippen molar-refractivity contribution in [2.45, 2.75) is 32.9 Å². The lowest BCUT2D eigenvalue weighted by atomic mass is 10.2. The lowest BCUT2D eigenvalue weighted by molar-refractivity contribution is 0.139. The highest BCUT2D eigenvalue weighted by Gasteiger charge is 2.18. The summed E-state index contributed by atoms with van der Waals surface area (Å²) in [5.41, 5.74) is 0. The van der Waals surface area contributed by atoms with E-state index in [1.807, 2.05) is 6.92 Å². The van der Waals surface area contributed by atoms with Crippen LogP contribution in [0.25, 0.3) is 0 Å². The number of aromatic nitrogens is 2. The highest BCUT2D eigenvalue weighted by atomic mass is 32.1. The Balaban J connectivity index is 1.97. The van der Waals surface area contributed by atoms with Crippen LogP contribution in [-0.2, 0) is 11.3 Å². The lowest BCUT2D eigenvalue weighted by Gasteiger charge is -2.24. The molecule has 4 nitrogen and oxygen atoms in total. The summed E-state index contributed by atoms with van der Waals surface area (Å²) in [7, 11) is 0. The molecule has 1 atom stereocenters. The van der Waals surface area contributed by atoms with Crippen LogP contribution in [-0.4, -0.2) is 40.9 Å². The van der Waals surface area contributed by atoms with Gasteiger partial charge in [0.15, 0.2) is 0 Å². The Hall–Kier alpha value is -0.520. The van der Waals surface area contributed by atoms with Crippen LogP contribution in [0, 0.1) is 6.92 Å². The first-order chi connectivity index (χ1) is 7.25. The summed E-state index contributed by atoms with van der Waals surface area (Å²) in [5.74, 6) is 0. The molecule has 1 aliphatic heterocycles. The molecule has 15 heavy (non-hydrogen) atoms. The summed E-state index contributed by atoms with van der Waals surface area (Å²) < 4.78 is 5.46. The first kappa shape index (κ1) is 11.0. The van der Waals surface area contributed by atoms with Crippen molar-refractivity contribution >= 4 is 11.3 Å². The fourth-order valence-electron chi connectivity index (χ4n) is 1.75. The third-order valence-electron chi connectivity index (χ3n) is 2.73. The molecule has 0 saturated carbocycles. The van der Waals surface area contributed by atoms with Crippen LogP contribution < -0.4 is 0 Å². The fraction of sp³-hybridized carbons (Fsp3) is 0.800. The monoisotopic (exact) mass is 227 g/mol. The molecule has 1 aromatic rings. The van der Waals surface area contributed by atoms with Gasteiger partial charge in [-0.05, 0) is 20.3 Å². The van der Waals surface area contributed by atoms with Crippen LogP contribution in [0.1, 0.15) is 23.4 Å². The van der Waals surface area contributed by atoms with Crippen molar-refractivity contribution in [3.05, 3.63) is 10.0 Å². The number of hydrogen-bond donors (Lipinski definition) is 0. The summed E-state index contributed by atoms with van der Waals surface area (Å²) in [6.45, 7) is 7.88. The minimum Gasteiger partial charge on any atom is -0.380 e. The van der Waals surface area contributed by atoms with Crippen LogP contribution in [0.2, 0.25) is 0 Å². The predicted octanol–water partition coefficient (Wildman–Crippen LogP) is 1.46. The third-order valence-corrected chi connectivity index (χ3v) is 3.56. The van der Waals surface area contributed by atoms with Gasteiger partial charge in [-0.3, -0.25) is 4.90 Å². The molecular weight excluding hydrogens is 210 g/mol. The van der Waals surface area contributed by atoms with Gasteiger partial charge in [-0.1, -0.05) is 0 Å². The third kappa shape index (κ3) is 2.96. The lowest BCUT2D eigenvalue weighted by Crippen LogP contribution is -2.33. The Morgan fingerprint density at radius 1 is 1.47 bits per heavy atom. The van der Waals surface area contributed by atoms with E-state index in [9.17, 15) is 0 Å². The van der Waals surface area contributed by atoms with Crippen LogP contribution in [0.4, 0.5) is 0 Å². The molecule has 0 amide bonds. The molecule has 1 fully saturated rings. The quantitative estimate of drug-likeness (QED) is 0.766. The molecule has 1 unspecified atom stereocenters. The van der Waals surface area contributed by atoms with Crippen molar-refractivity contribution < 1.29 is 4.74 Å². The molecule has 0 spiro atoms. The molecule has 0 radical (unpaired) electrons. The zero-order valence-electron chi connectivity index (χ0n) is 9.27. The summed E-state index contributed by atoms with van der Waals surface area (Å²) in [4.78, 5) is 2.42. The molecule has 0 bridgehead atoms. The second-order valence-electron chi connectivity index (χ2n) is 3.94. The van der Waals surface area contributed by atoms with Gasteiger partial charge < -0.3 is 4.74 Å². The van der Waals surface area contributed by atoms with Crippen LogP contribution in [0.15, 0.2) is 0 Å². The normalized spacial score (nSPS) is 24.0. The first-order valence-corrected chi connectivity index (χ1v) is 6.18. The first-order valence-electron chi connectivity index (χ1n) is 5.36. The topological polar surface area (TPSA) is 38.2 Å². The number of rotatable bonds is 2. The molecule has 1 saturated heterocycles. The Bertz CT molecular complexity index is 315. The number of ether oxygens (including phenoxy) is 1. The van der Waals surface area contributed by atoms with E-state index in [4.69, 9.17) is 4.74 Å². The van der Waals surface area contributed by atoms with E-state index in [1.54, 1.807) is 11.3 Å². The molecule has 1 aromatic heterocycles. The summed E-state index contributed by atoms with van der Waals surface area (Å²) in [6, 6.07) is 0.580. The highest BCUT2D eigenvalue weighted by molar-refractivity contribution is 7.11. The van der Waals surface area contributed by atoms with Crippen LogP contribution >= 0.6 is 11.3 Å². The van der Waals surface area contributed by atoms with E-state index < -0.39 is 0 Å². The molecule has 1 aliphatic rings. The number of aryl methyl sites for hydroxylation is 1. The maximum absolute atomic E-state index is 5.46. The zero-order chi connectivity index (χ0) is 10.7. The minimum atomic E-state index is 0.580. The van der Waals surface area contributed by atoms with Gasteiger partial charge in [0.25, 0.3) is 0 Å². The maximum Gasteiger partial charge on any atom is 0.131 e. The Labute approximate surface area is 94.3 Å². The van der Waals surface area contributed by atoms with Crippen molar-refractivity contribution in [3.8, 4) is 0 Å². The van der Waals surface area contributed by atoms with Crippen LogP contribution in [0.3, 0.4) is 0 Å². The van der Waals surface area contributed by atoms with Gasteiger partial charge in [-0.25, -0.2) is 0 Å². The van der Waals surface area contributed by atoms with Crippen LogP contribution in [0.5, 0.6) is 0 Å². The average Bonchev–Trinajstić information content (AvgIpc) is 2.50. The van der Waals surface area contributed by atoms with E-state index >= 15 is 0 Å². The summed E-state index contributed by atoms with van der Waals surface area (Å²) in [6.07, 6.45) is 1.11. The van der Waals surface area contributed by atoms with Crippen molar-refractivity contribution in [1.29, 1.82) is 0 Å². The van der Waals surface area contributed by atoms with Gasteiger partial charge in [-0.15, -0.1) is 21.5 Å². The second kappa shape index (κ2) is 5.01. The van der Waals surface area contributed by atoms with Gasteiger partial charge in [0.2, 0.25) is 0 Å². The highest BCUT2D eigenvalue weighted by Crippen LogP contribution is 2.15. The minimum absolute atomic E-state index is 0.580. The van der Waals surface area contributed by atoms with Gasteiger partial charge in [0.05, 0.1) is 13.2 Å². The van der Waals surface area contributed by atoms with Crippen molar-refractivity contribution in [1.82, 2.24) is 15.1 Å².